The first-order valence-electron chi connectivity index (χ1n) is 8.57. The number of halogens is 1. The molecule has 1 aliphatic heterocycles. The number of hydrogen-bond donors (Lipinski definition) is 1. The highest BCUT2D eigenvalue weighted by Crippen LogP contribution is 2.32. The molecule has 4 rings (SSSR count). The number of urea groups is 1. The van der Waals surface area contributed by atoms with Gasteiger partial charge in [0.2, 0.25) is 0 Å². The van der Waals surface area contributed by atoms with Gasteiger partial charge in [-0.25, -0.2) is 9.78 Å². The number of amides is 2. The number of rotatable bonds is 3. The predicted molar refractivity (Wildman–Crippen MR) is 109 cm³/mol. The standard InChI is InChI=1S/C20H18ClN3O2S/c1-26-17-8-7-14(21)11-16(17)23-20(25)24-10-9-15-18(12-24)27-19(22-15)13-5-3-2-4-6-13/h2-8,11H,9-10,12H2,1H3,(H,23,25). The lowest BCUT2D eigenvalue weighted by Crippen LogP contribution is -2.38. The summed E-state index contributed by atoms with van der Waals surface area (Å²) in [6.45, 7) is 1.17. The first kappa shape index (κ1) is 17.8. The van der Waals surface area contributed by atoms with Crippen LogP contribution in [-0.4, -0.2) is 29.6 Å². The van der Waals surface area contributed by atoms with E-state index in [1.165, 1.54) is 0 Å². The third kappa shape index (κ3) is 3.77. The highest BCUT2D eigenvalue weighted by molar-refractivity contribution is 7.15. The maximum absolute atomic E-state index is 12.7. The number of aromatic nitrogens is 1. The number of ether oxygens (including phenoxy) is 1. The lowest BCUT2D eigenvalue weighted by atomic mass is 10.2. The molecular formula is C20H18ClN3O2S. The zero-order valence-electron chi connectivity index (χ0n) is 14.7. The Labute approximate surface area is 166 Å². The summed E-state index contributed by atoms with van der Waals surface area (Å²) in [5, 5.41) is 4.45. The number of thiazole rings is 1. The molecule has 1 N–H and O–H groups in total. The van der Waals surface area contributed by atoms with Crippen LogP contribution in [0.2, 0.25) is 5.02 Å². The normalized spacial score (nSPS) is 13.2. The van der Waals surface area contributed by atoms with E-state index in [9.17, 15) is 4.79 Å². The van der Waals surface area contributed by atoms with Gasteiger partial charge in [0.1, 0.15) is 10.8 Å². The minimum atomic E-state index is -0.170. The van der Waals surface area contributed by atoms with E-state index in [0.717, 1.165) is 27.6 Å². The van der Waals surface area contributed by atoms with Crippen LogP contribution in [0.15, 0.2) is 48.5 Å². The van der Waals surface area contributed by atoms with E-state index in [2.05, 4.69) is 17.4 Å². The lowest BCUT2D eigenvalue weighted by molar-refractivity contribution is 0.206. The minimum absolute atomic E-state index is 0.170. The van der Waals surface area contributed by atoms with Gasteiger partial charge in [0, 0.05) is 28.4 Å². The molecule has 7 heteroatoms. The van der Waals surface area contributed by atoms with Crippen molar-refractivity contribution in [3.8, 4) is 16.3 Å². The number of nitrogens with zero attached hydrogens (tertiary/aromatic N) is 2. The minimum Gasteiger partial charge on any atom is -0.495 e. The first-order chi connectivity index (χ1) is 13.1. The molecule has 1 aliphatic rings. The number of anilines is 1. The number of carbonyl (C=O) groups excluding carboxylic acids is 1. The molecule has 2 heterocycles. The summed E-state index contributed by atoms with van der Waals surface area (Å²) < 4.78 is 5.30. The van der Waals surface area contributed by atoms with E-state index in [-0.39, 0.29) is 6.03 Å². The number of carbonyl (C=O) groups is 1. The van der Waals surface area contributed by atoms with Crippen LogP contribution in [0.4, 0.5) is 10.5 Å². The van der Waals surface area contributed by atoms with E-state index in [1.54, 1.807) is 41.5 Å². The Balaban J connectivity index is 1.50. The number of methoxy groups -OCH3 is 1. The molecule has 5 nitrogen and oxygen atoms in total. The highest BCUT2D eigenvalue weighted by Gasteiger charge is 2.25. The van der Waals surface area contributed by atoms with E-state index in [1.807, 2.05) is 18.2 Å². The molecule has 0 unspecified atom stereocenters. The first-order valence-corrected chi connectivity index (χ1v) is 9.77. The fourth-order valence-electron chi connectivity index (χ4n) is 3.05. The van der Waals surface area contributed by atoms with Crippen molar-refractivity contribution < 1.29 is 9.53 Å². The summed E-state index contributed by atoms with van der Waals surface area (Å²) >= 11 is 7.69. The Morgan fingerprint density at radius 2 is 2.07 bits per heavy atom. The monoisotopic (exact) mass is 399 g/mol. The number of fused-ring (bicyclic) bond motifs is 1. The zero-order valence-corrected chi connectivity index (χ0v) is 16.3. The van der Waals surface area contributed by atoms with Gasteiger partial charge in [0.25, 0.3) is 0 Å². The smallest absolute Gasteiger partial charge is 0.322 e. The van der Waals surface area contributed by atoms with Gasteiger partial charge in [0.05, 0.1) is 25.0 Å². The van der Waals surface area contributed by atoms with Crippen molar-refractivity contribution in [3.05, 3.63) is 64.1 Å². The maximum atomic E-state index is 12.7. The lowest BCUT2D eigenvalue weighted by Gasteiger charge is -2.26. The van der Waals surface area contributed by atoms with Gasteiger partial charge in [0.15, 0.2) is 0 Å². The van der Waals surface area contributed by atoms with Gasteiger partial charge in [-0.2, -0.15) is 0 Å². The van der Waals surface area contributed by atoms with Gasteiger partial charge in [-0.15, -0.1) is 11.3 Å². The Hall–Kier alpha value is -2.57. The SMILES string of the molecule is COc1ccc(Cl)cc1NC(=O)N1CCc2nc(-c3ccccc3)sc2C1. The van der Waals surface area contributed by atoms with E-state index < -0.39 is 0 Å². The average molecular weight is 400 g/mol. The number of nitrogens with one attached hydrogen (secondary N) is 1. The predicted octanol–water partition coefficient (Wildman–Crippen LogP) is 5.06. The Bertz CT molecular complexity index is 975. The summed E-state index contributed by atoms with van der Waals surface area (Å²) in [4.78, 5) is 20.4. The van der Waals surface area contributed by atoms with E-state index >= 15 is 0 Å². The van der Waals surface area contributed by atoms with Crippen LogP contribution < -0.4 is 10.1 Å². The van der Waals surface area contributed by atoms with Crippen molar-refractivity contribution in [2.45, 2.75) is 13.0 Å². The molecular weight excluding hydrogens is 382 g/mol. The molecule has 0 bridgehead atoms. The second kappa shape index (κ2) is 7.58. The molecule has 2 aromatic carbocycles. The molecule has 0 saturated heterocycles. The summed E-state index contributed by atoms with van der Waals surface area (Å²) in [6.07, 6.45) is 0.749. The van der Waals surface area contributed by atoms with Gasteiger partial charge < -0.3 is 15.0 Å². The molecule has 3 aromatic rings. The quantitative estimate of drug-likeness (QED) is 0.669. The van der Waals surface area contributed by atoms with E-state index in [4.69, 9.17) is 21.3 Å². The third-order valence-corrected chi connectivity index (χ3v) is 5.81. The van der Waals surface area contributed by atoms with Crippen molar-refractivity contribution in [1.29, 1.82) is 0 Å². The topological polar surface area (TPSA) is 54.5 Å². The molecule has 1 aromatic heterocycles. The number of benzene rings is 2. The molecule has 2 amide bonds. The molecule has 0 spiro atoms. The largest absolute Gasteiger partial charge is 0.495 e. The third-order valence-electron chi connectivity index (χ3n) is 4.44. The van der Waals surface area contributed by atoms with Crippen LogP contribution in [0.3, 0.4) is 0 Å². The van der Waals surface area contributed by atoms with Gasteiger partial charge >= 0.3 is 6.03 Å². The highest BCUT2D eigenvalue weighted by atomic mass is 35.5. The van der Waals surface area contributed by atoms with Crippen molar-refractivity contribution in [1.82, 2.24) is 9.88 Å². The van der Waals surface area contributed by atoms with Crippen LogP contribution in [0.1, 0.15) is 10.6 Å². The summed E-state index contributed by atoms with van der Waals surface area (Å²) in [5.74, 6) is 0.578. The molecule has 0 radical (unpaired) electrons. The molecule has 0 aliphatic carbocycles. The zero-order chi connectivity index (χ0) is 18.8. The molecule has 0 fully saturated rings. The number of hydrogen-bond acceptors (Lipinski definition) is 4. The summed E-state index contributed by atoms with van der Waals surface area (Å²) in [5.41, 5.74) is 2.76. The van der Waals surface area contributed by atoms with E-state index in [0.29, 0.717) is 29.5 Å². The maximum Gasteiger partial charge on any atom is 0.322 e. The van der Waals surface area contributed by atoms with Crippen LogP contribution in [0.25, 0.3) is 10.6 Å². The summed E-state index contributed by atoms with van der Waals surface area (Å²) in [7, 11) is 1.56. The molecule has 138 valence electrons. The van der Waals surface area contributed by atoms with Crippen LogP contribution in [0.5, 0.6) is 5.75 Å². The van der Waals surface area contributed by atoms with Crippen LogP contribution in [-0.2, 0) is 13.0 Å². The molecule has 0 atom stereocenters. The van der Waals surface area contributed by atoms with Crippen molar-refractivity contribution >= 4 is 34.7 Å². The van der Waals surface area contributed by atoms with Gasteiger partial charge in [-0.3, -0.25) is 0 Å². The van der Waals surface area contributed by atoms with Crippen LogP contribution in [0, 0.1) is 0 Å². The van der Waals surface area contributed by atoms with Gasteiger partial charge in [-0.05, 0) is 18.2 Å². The van der Waals surface area contributed by atoms with Gasteiger partial charge in [-0.1, -0.05) is 41.9 Å². The van der Waals surface area contributed by atoms with Crippen molar-refractivity contribution in [2.75, 3.05) is 19.0 Å². The van der Waals surface area contributed by atoms with Crippen molar-refractivity contribution in [2.24, 2.45) is 0 Å². The van der Waals surface area contributed by atoms with Crippen LogP contribution >= 0.6 is 22.9 Å². The summed E-state index contributed by atoms with van der Waals surface area (Å²) in [6, 6.07) is 15.1. The fourth-order valence-corrected chi connectivity index (χ4v) is 4.35. The average Bonchev–Trinajstić information content (AvgIpc) is 3.12. The fraction of sp³-hybridized carbons (Fsp3) is 0.200. The molecule has 27 heavy (non-hydrogen) atoms. The second-order valence-electron chi connectivity index (χ2n) is 6.20. The Morgan fingerprint density at radius 3 is 2.85 bits per heavy atom. The Morgan fingerprint density at radius 1 is 1.26 bits per heavy atom. The second-order valence-corrected chi connectivity index (χ2v) is 7.72. The molecule has 0 saturated carbocycles. The Kier molecular flexibility index (Phi) is 5.01. The van der Waals surface area contributed by atoms with Crippen molar-refractivity contribution in [3.63, 3.8) is 0 Å².